The molecule has 0 unspecified atom stereocenters. The molecule has 0 aliphatic rings. The van der Waals surface area contributed by atoms with Gasteiger partial charge < -0.3 is 24.3 Å². The summed E-state index contributed by atoms with van der Waals surface area (Å²) >= 11 is 0. The lowest BCUT2D eigenvalue weighted by Gasteiger charge is -2.12. The van der Waals surface area contributed by atoms with Gasteiger partial charge in [0.1, 0.15) is 0 Å². The fraction of sp³-hybridized carbons (Fsp3) is 0.273. The third kappa shape index (κ3) is 5.75. The van der Waals surface area contributed by atoms with Gasteiger partial charge in [0.15, 0.2) is 18.1 Å². The maximum atomic E-state index is 12.1. The average molecular weight is 399 g/mol. The van der Waals surface area contributed by atoms with Crippen LogP contribution < -0.4 is 19.5 Å². The molecule has 7 nitrogen and oxygen atoms in total. The van der Waals surface area contributed by atoms with E-state index in [1.165, 1.54) is 33.5 Å². The smallest absolute Gasteiger partial charge is 0.331 e. The number of para-hydroxylation sites is 1. The number of nitrogens with one attached hydrogen (secondary N) is 1. The van der Waals surface area contributed by atoms with Crippen molar-refractivity contribution < 1.29 is 28.5 Å². The summed E-state index contributed by atoms with van der Waals surface area (Å²) < 4.78 is 20.8. The summed E-state index contributed by atoms with van der Waals surface area (Å²) in [5, 5.41) is 2.76. The highest BCUT2D eigenvalue weighted by atomic mass is 16.5. The number of aryl methyl sites for hydroxylation is 2. The van der Waals surface area contributed by atoms with Gasteiger partial charge >= 0.3 is 5.97 Å². The maximum Gasteiger partial charge on any atom is 0.331 e. The van der Waals surface area contributed by atoms with Crippen molar-refractivity contribution in [2.75, 3.05) is 33.3 Å². The summed E-state index contributed by atoms with van der Waals surface area (Å²) in [6.07, 6.45) is 2.77. The summed E-state index contributed by atoms with van der Waals surface area (Å²) in [5.41, 5.74) is 3.25. The van der Waals surface area contributed by atoms with Gasteiger partial charge in [-0.15, -0.1) is 0 Å². The van der Waals surface area contributed by atoms with E-state index in [9.17, 15) is 9.59 Å². The van der Waals surface area contributed by atoms with Crippen LogP contribution in [0.5, 0.6) is 17.2 Å². The molecule has 0 spiro atoms. The Morgan fingerprint density at radius 3 is 2.07 bits per heavy atom. The molecule has 0 heterocycles. The van der Waals surface area contributed by atoms with Gasteiger partial charge in [0.05, 0.1) is 21.3 Å². The van der Waals surface area contributed by atoms with E-state index in [1.54, 1.807) is 12.1 Å². The normalized spacial score (nSPS) is 10.5. The van der Waals surface area contributed by atoms with Gasteiger partial charge in [0.2, 0.25) is 5.75 Å². The van der Waals surface area contributed by atoms with E-state index in [4.69, 9.17) is 18.9 Å². The van der Waals surface area contributed by atoms with Gasteiger partial charge in [-0.3, -0.25) is 4.79 Å². The van der Waals surface area contributed by atoms with Gasteiger partial charge in [-0.2, -0.15) is 0 Å². The van der Waals surface area contributed by atoms with Crippen molar-refractivity contribution in [3.63, 3.8) is 0 Å². The van der Waals surface area contributed by atoms with Gasteiger partial charge in [-0.25, -0.2) is 4.79 Å². The molecular formula is C22H25NO6. The SMILES string of the molecule is COc1cc(C=CC(=O)OCC(=O)Nc2c(C)cccc2C)cc(OC)c1OC. The van der Waals surface area contributed by atoms with E-state index in [0.29, 0.717) is 22.8 Å². The van der Waals surface area contributed by atoms with Crippen LogP contribution in [0.15, 0.2) is 36.4 Å². The van der Waals surface area contributed by atoms with E-state index in [1.807, 2.05) is 32.0 Å². The minimum Gasteiger partial charge on any atom is -0.493 e. The lowest BCUT2D eigenvalue weighted by molar-refractivity contribution is -0.142. The van der Waals surface area contributed by atoms with Crippen LogP contribution in [-0.2, 0) is 14.3 Å². The van der Waals surface area contributed by atoms with Crippen LogP contribution in [0.3, 0.4) is 0 Å². The molecule has 0 aliphatic carbocycles. The predicted molar refractivity (Wildman–Crippen MR) is 111 cm³/mol. The highest BCUT2D eigenvalue weighted by Crippen LogP contribution is 2.38. The van der Waals surface area contributed by atoms with Crippen LogP contribution in [0.1, 0.15) is 16.7 Å². The van der Waals surface area contributed by atoms with Crippen molar-refractivity contribution in [3.8, 4) is 17.2 Å². The zero-order chi connectivity index (χ0) is 21.4. The number of hydrogen-bond donors (Lipinski definition) is 1. The van der Waals surface area contributed by atoms with Gasteiger partial charge in [0, 0.05) is 11.8 Å². The fourth-order valence-corrected chi connectivity index (χ4v) is 2.73. The number of amides is 1. The number of methoxy groups -OCH3 is 3. The number of hydrogen-bond acceptors (Lipinski definition) is 6. The van der Waals surface area contributed by atoms with E-state index in [-0.39, 0.29) is 6.61 Å². The third-order valence-electron chi connectivity index (χ3n) is 4.19. The van der Waals surface area contributed by atoms with Crippen LogP contribution in [0.4, 0.5) is 5.69 Å². The van der Waals surface area contributed by atoms with Gasteiger partial charge in [0.25, 0.3) is 5.91 Å². The first kappa shape index (κ1) is 21.8. The Bertz CT molecular complexity index is 874. The standard InChI is InChI=1S/C22H25NO6/c1-14-7-6-8-15(2)21(14)23-19(24)13-29-20(25)10-9-16-11-17(26-3)22(28-5)18(12-16)27-4/h6-12H,13H2,1-5H3,(H,23,24). The first-order valence-electron chi connectivity index (χ1n) is 8.90. The Morgan fingerprint density at radius 2 is 1.55 bits per heavy atom. The van der Waals surface area contributed by atoms with Crippen molar-refractivity contribution >= 4 is 23.6 Å². The molecule has 2 aromatic carbocycles. The molecule has 154 valence electrons. The van der Waals surface area contributed by atoms with Crippen molar-refractivity contribution in [1.82, 2.24) is 0 Å². The first-order valence-corrected chi connectivity index (χ1v) is 8.90. The zero-order valence-corrected chi connectivity index (χ0v) is 17.2. The number of carbonyl (C=O) groups is 2. The Kier molecular flexibility index (Phi) is 7.65. The second kappa shape index (κ2) is 10.2. The number of benzene rings is 2. The maximum absolute atomic E-state index is 12.1. The van der Waals surface area contributed by atoms with Crippen LogP contribution in [0.2, 0.25) is 0 Å². The number of rotatable bonds is 8. The Labute approximate surface area is 170 Å². The molecule has 0 fully saturated rings. The average Bonchev–Trinajstić information content (AvgIpc) is 2.72. The highest BCUT2D eigenvalue weighted by molar-refractivity contribution is 5.95. The van der Waals surface area contributed by atoms with Crippen molar-refractivity contribution in [3.05, 3.63) is 53.1 Å². The summed E-state index contributed by atoms with van der Waals surface area (Å²) in [6.45, 7) is 3.41. The molecule has 0 aliphatic heterocycles. The van der Waals surface area contributed by atoms with E-state index < -0.39 is 11.9 Å². The Morgan fingerprint density at radius 1 is 0.966 bits per heavy atom. The fourth-order valence-electron chi connectivity index (χ4n) is 2.73. The monoisotopic (exact) mass is 399 g/mol. The zero-order valence-electron chi connectivity index (χ0n) is 17.2. The lowest BCUT2D eigenvalue weighted by Crippen LogP contribution is -2.21. The van der Waals surface area contributed by atoms with Crippen molar-refractivity contribution in [2.24, 2.45) is 0 Å². The molecule has 29 heavy (non-hydrogen) atoms. The summed E-state index contributed by atoms with van der Waals surface area (Å²) in [4.78, 5) is 24.0. The van der Waals surface area contributed by atoms with Crippen LogP contribution in [-0.4, -0.2) is 39.8 Å². The number of anilines is 1. The molecule has 1 amide bonds. The highest BCUT2D eigenvalue weighted by Gasteiger charge is 2.13. The number of carbonyl (C=O) groups excluding carboxylic acids is 2. The van der Waals surface area contributed by atoms with Crippen molar-refractivity contribution in [1.29, 1.82) is 0 Å². The Balaban J connectivity index is 1.98. The minimum atomic E-state index is -0.643. The molecule has 0 radical (unpaired) electrons. The predicted octanol–water partition coefficient (Wildman–Crippen LogP) is 3.52. The quantitative estimate of drug-likeness (QED) is 0.540. The van der Waals surface area contributed by atoms with E-state index in [0.717, 1.165) is 16.8 Å². The topological polar surface area (TPSA) is 83.1 Å². The largest absolute Gasteiger partial charge is 0.493 e. The van der Waals surface area contributed by atoms with E-state index in [2.05, 4.69) is 5.32 Å². The summed E-state index contributed by atoms with van der Waals surface area (Å²) in [6, 6.07) is 9.09. The third-order valence-corrected chi connectivity index (χ3v) is 4.19. The molecular weight excluding hydrogens is 374 g/mol. The van der Waals surface area contributed by atoms with Crippen molar-refractivity contribution in [2.45, 2.75) is 13.8 Å². The molecule has 7 heteroatoms. The second-order valence-electron chi connectivity index (χ2n) is 6.21. The molecule has 2 aromatic rings. The molecule has 0 saturated heterocycles. The lowest BCUT2D eigenvalue weighted by atomic mass is 10.1. The van der Waals surface area contributed by atoms with E-state index >= 15 is 0 Å². The molecule has 0 saturated carbocycles. The Hall–Kier alpha value is -3.48. The molecule has 0 bridgehead atoms. The minimum absolute atomic E-state index is 0.383. The van der Waals surface area contributed by atoms with Gasteiger partial charge in [-0.05, 0) is 48.7 Å². The molecule has 0 atom stereocenters. The molecule has 1 N–H and O–H groups in total. The second-order valence-corrected chi connectivity index (χ2v) is 6.21. The summed E-state index contributed by atoms with van der Waals surface area (Å²) in [7, 11) is 4.53. The van der Waals surface area contributed by atoms with Crippen LogP contribution >= 0.6 is 0 Å². The number of esters is 1. The van der Waals surface area contributed by atoms with Crippen LogP contribution in [0.25, 0.3) is 6.08 Å². The van der Waals surface area contributed by atoms with Crippen LogP contribution in [0, 0.1) is 13.8 Å². The number of ether oxygens (including phenoxy) is 4. The first-order chi connectivity index (χ1) is 13.9. The molecule has 2 rings (SSSR count). The van der Waals surface area contributed by atoms with Gasteiger partial charge in [-0.1, -0.05) is 18.2 Å². The summed E-state index contributed by atoms with van der Waals surface area (Å²) in [5.74, 6) is 0.339. The molecule has 0 aromatic heterocycles.